The molecule has 5 aromatic carbocycles. The summed E-state index contributed by atoms with van der Waals surface area (Å²) >= 11 is 0. The molecule has 0 N–H and O–H groups in total. The Balaban J connectivity index is 1.24. The van der Waals surface area contributed by atoms with Crippen LogP contribution in [-0.4, -0.2) is 16.7 Å². The summed E-state index contributed by atoms with van der Waals surface area (Å²) in [5, 5.41) is 4.60. The number of nitrogens with zero attached hydrogens (tertiary/aromatic N) is 2. The van der Waals surface area contributed by atoms with Crippen LogP contribution in [0.3, 0.4) is 0 Å². The van der Waals surface area contributed by atoms with Crippen LogP contribution in [0.5, 0.6) is 23.0 Å². The molecule has 0 fully saturated rings. The van der Waals surface area contributed by atoms with Crippen molar-refractivity contribution in [1.82, 2.24) is 9.97 Å². The second kappa shape index (κ2) is 9.54. The van der Waals surface area contributed by atoms with Crippen molar-refractivity contribution < 1.29 is 9.47 Å². The minimum Gasteiger partial charge on any atom is -0.458 e. The van der Waals surface area contributed by atoms with Crippen LogP contribution in [0.1, 0.15) is 26.3 Å². The van der Waals surface area contributed by atoms with Crippen molar-refractivity contribution in [3.8, 4) is 45.5 Å². The Morgan fingerprint density at radius 2 is 0.978 bits per heavy atom. The molecule has 2 aliphatic rings. The Labute approximate surface area is 262 Å². The molecule has 0 radical (unpaired) electrons. The molecule has 4 heterocycles. The van der Waals surface area contributed by atoms with E-state index >= 15 is 0 Å². The third-order valence-electron chi connectivity index (χ3n) is 9.19. The van der Waals surface area contributed by atoms with Crippen molar-refractivity contribution in [2.45, 2.75) is 26.2 Å². The van der Waals surface area contributed by atoms with Crippen LogP contribution in [0.4, 0.5) is 0 Å². The topological polar surface area (TPSA) is 44.2 Å². The van der Waals surface area contributed by atoms with Gasteiger partial charge < -0.3 is 9.47 Å². The molecular weight excluding hydrogens is 551 g/mol. The van der Waals surface area contributed by atoms with Crippen LogP contribution in [-0.2, 0) is 5.41 Å². The molecule has 7 aromatic rings. The van der Waals surface area contributed by atoms with Gasteiger partial charge in [0.25, 0.3) is 6.71 Å². The molecule has 0 bridgehead atoms. The highest BCUT2D eigenvalue weighted by Crippen LogP contribution is 2.39. The van der Waals surface area contributed by atoms with E-state index in [-0.39, 0.29) is 12.1 Å². The Morgan fingerprint density at radius 3 is 1.44 bits per heavy atom. The molecule has 0 atom stereocenters. The summed E-state index contributed by atoms with van der Waals surface area (Å²) in [6.45, 7) is 6.59. The highest BCUT2D eigenvalue weighted by molar-refractivity contribution is 6.98. The molecule has 9 rings (SSSR count). The second-order valence-electron chi connectivity index (χ2n) is 13.1. The molecule has 0 saturated carbocycles. The molecule has 0 aliphatic carbocycles. The van der Waals surface area contributed by atoms with Gasteiger partial charge in [-0.2, -0.15) is 0 Å². The first-order chi connectivity index (χ1) is 21.9. The van der Waals surface area contributed by atoms with E-state index in [1.807, 2.05) is 24.5 Å². The molecule has 0 amide bonds. The smallest absolute Gasteiger partial charge is 0.260 e. The first-order valence-electron chi connectivity index (χ1n) is 15.4. The fourth-order valence-electron chi connectivity index (χ4n) is 6.74. The number of hydrogen-bond donors (Lipinski definition) is 0. The first-order valence-corrected chi connectivity index (χ1v) is 15.4. The standard InChI is InChI=1S/C40H29BN2O2/c1-40(2,3)30-20-37-39-38(21-30)45-36-15-13-27(34-19-25-9-5-7-11-29(25)23-43-34)17-32(36)41(39)31-16-26(12-14-35(31)44-37)33-18-24-8-4-6-10-28(24)22-42-33/h4-23H,1-3H3. The Morgan fingerprint density at radius 1 is 0.511 bits per heavy atom. The third-order valence-corrected chi connectivity index (χ3v) is 9.19. The van der Waals surface area contributed by atoms with Gasteiger partial charge in [0, 0.05) is 28.6 Å². The van der Waals surface area contributed by atoms with Gasteiger partial charge in [-0.3, -0.25) is 9.97 Å². The molecule has 5 heteroatoms. The van der Waals surface area contributed by atoms with Crippen LogP contribution in [0, 0.1) is 0 Å². The summed E-state index contributed by atoms with van der Waals surface area (Å²) in [6, 6.07) is 38.3. The molecular formula is C40H29BN2O2. The van der Waals surface area contributed by atoms with Crippen molar-refractivity contribution in [3.05, 3.63) is 127 Å². The van der Waals surface area contributed by atoms with Crippen LogP contribution in [0.2, 0.25) is 0 Å². The maximum atomic E-state index is 6.69. The lowest BCUT2D eigenvalue weighted by Gasteiger charge is -2.35. The average molecular weight is 580 g/mol. The lowest BCUT2D eigenvalue weighted by atomic mass is 9.34. The summed E-state index contributed by atoms with van der Waals surface area (Å²) in [7, 11) is 0. The maximum Gasteiger partial charge on any atom is 0.260 e. The number of rotatable bonds is 2. The van der Waals surface area contributed by atoms with E-state index < -0.39 is 0 Å². The predicted molar refractivity (Wildman–Crippen MR) is 184 cm³/mol. The van der Waals surface area contributed by atoms with Crippen molar-refractivity contribution in [2.24, 2.45) is 0 Å². The second-order valence-corrected chi connectivity index (χ2v) is 13.1. The van der Waals surface area contributed by atoms with Gasteiger partial charge in [-0.05, 0) is 92.3 Å². The molecule has 214 valence electrons. The fraction of sp³-hybridized carbons (Fsp3) is 0.100. The molecule has 2 aromatic heterocycles. The van der Waals surface area contributed by atoms with Crippen LogP contribution < -0.4 is 25.9 Å². The first kappa shape index (κ1) is 26.0. The highest BCUT2D eigenvalue weighted by Gasteiger charge is 2.41. The minimum atomic E-state index is -0.0719. The van der Waals surface area contributed by atoms with Crippen LogP contribution >= 0.6 is 0 Å². The molecule has 0 unspecified atom stereocenters. The third kappa shape index (κ3) is 4.22. The van der Waals surface area contributed by atoms with Gasteiger partial charge in [-0.1, -0.05) is 81.4 Å². The van der Waals surface area contributed by atoms with Crippen LogP contribution in [0.25, 0.3) is 44.1 Å². The zero-order chi connectivity index (χ0) is 30.3. The zero-order valence-corrected chi connectivity index (χ0v) is 25.3. The van der Waals surface area contributed by atoms with E-state index in [4.69, 9.17) is 19.4 Å². The maximum absolute atomic E-state index is 6.69. The van der Waals surface area contributed by atoms with E-state index in [0.29, 0.717) is 0 Å². The average Bonchev–Trinajstić information content (AvgIpc) is 3.06. The van der Waals surface area contributed by atoms with Gasteiger partial charge in [-0.25, -0.2) is 0 Å². The monoisotopic (exact) mass is 580 g/mol. The van der Waals surface area contributed by atoms with E-state index in [9.17, 15) is 0 Å². The molecule has 45 heavy (non-hydrogen) atoms. The lowest BCUT2D eigenvalue weighted by Crippen LogP contribution is -2.57. The van der Waals surface area contributed by atoms with Gasteiger partial charge in [0.15, 0.2) is 0 Å². The highest BCUT2D eigenvalue weighted by atomic mass is 16.5. The largest absolute Gasteiger partial charge is 0.458 e. The van der Waals surface area contributed by atoms with E-state index in [1.54, 1.807) is 0 Å². The zero-order valence-electron chi connectivity index (χ0n) is 25.3. The molecule has 4 nitrogen and oxygen atoms in total. The SMILES string of the molecule is CC(C)(C)c1cc2c3c(c1)Oc1ccc(-c4cc5ccccc5cn4)cc1B3c1cc(-c3cc4ccccc4cn3)ccc1O2. The summed E-state index contributed by atoms with van der Waals surface area (Å²) in [5.41, 5.74) is 8.37. The summed E-state index contributed by atoms with van der Waals surface area (Å²) < 4.78 is 13.4. The number of aromatic nitrogens is 2. The van der Waals surface area contributed by atoms with E-state index in [1.165, 1.54) is 16.3 Å². The van der Waals surface area contributed by atoms with Gasteiger partial charge in [-0.15, -0.1) is 0 Å². The van der Waals surface area contributed by atoms with Gasteiger partial charge >= 0.3 is 0 Å². The van der Waals surface area contributed by atoms with E-state index in [2.05, 4.69) is 118 Å². The number of pyridine rings is 2. The van der Waals surface area contributed by atoms with Crippen LogP contribution in [0.15, 0.2) is 122 Å². The van der Waals surface area contributed by atoms with Gasteiger partial charge in [0.2, 0.25) is 0 Å². The Hall–Kier alpha value is -5.42. The quantitative estimate of drug-likeness (QED) is 0.194. The Bertz CT molecular complexity index is 2190. The number of benzene rings is 5. The molecule has 2 aliphatic heterocycles. The van der Waals surface area contributed by atoms with E-state index in [0.717, 1.165) is 72.7 Å². The van der Waals surface area contributed by atoms with Gasteiger partial charge in [0.05, 0.1) is 11.4 Å². The number of ether oxygens (including phenoxy) is 2. The predicted octanol–water partition coefficient (Wildman–Crippen LogP) is 8.14. The summed E-state index contributed by atoms with van der Waals surface area (Å²) in [6.07, 6.45) is 3.91. The van der Waals surface area contributed by atoms with Gasteiger partial charge in [0.1, 0.15) is 23.0 Å². The number of hydrogen-bond acceptors (Lipinski definition) is 4. The summed E-state index contributed by atoms with van der Waals surface area (Å²) in [5.74, 6) is 3.42. The molecule has 0 saturated heterocycles. The van der Waals surface area contributed by atoms with Crippen molar-refractivity contribution in [3.63, 3.8) is 0 Å². The minimum absolute atomic E-state index is 0.0640. The van der Waals surface area contributed by atoms with Crippen molar-refractivity contribution in [2.75, 3.05) is 0 Å². The number of fused-ring (bicyclic) bond motifs is 6. The van der Waals surface area contributed by atoms with Crippen molar-refractivity contribution >= 4 is 44.6 Å². The normalized spacial score (nSPS) is 13.1. The molecule has 0 spiro atoms. The van der Waals surface area contributed by atoms with Crippen molar-refractivity contribution in [1.29, 1.82) is 0 Å². The Kier molecular flexibility index (Phi) is 5.52. The fourth-order valence-corrected chi connectivity index (χ4v) is 6.74. The summed E-state index contributed by atoms with van der Waals surface area (Å²) in [4.78, 5) is 9.68. The lowest BCUT2D eigenvalue weighted by molar-refractivity contribution is 0.458.